The van der Waals surface area contributed by atoms with Crippen LogP contribution in [0.1, 0.15) is 36.0 Å². The predicted molar refractivity (Wildman–Crippen MR) is 109 cm³/mol. The van der Waals surface area contributed by atoms with E-state index in [-0.39, 0.29) is 16.8 Å². The van der Waals surface area contributed by atoms with E-state index in [1.54, 1.807) is 29.7 Å². The highest BCUT2D eigenvalue weighted by Crippen LogP contribution is 2.23. The summed E-state index contributed by atoms with van der Waals surface area (Å²) in [5, 5.41) is 6.07. The number of nitrogens with zero attached hydrogens (tertiary/aromatic N) is 3. The molecular formula is C19H24N4O3S2. The number of anilines is 1. The third-order valence-corrected chi connectivity index (χ3v) is 8.08. The number of hydrogen-bond donors (Lipinski definition) is 1. The van der Waals surface area contributed by atoms with Crippen molar-refractivity contribution in [2.24, 2.45) is 0 Å². The van der Waals surface area contributed by atoms with Crippen LogP contribution in [0.15, 0.2) is 40.7 Å². The molecule has 2 aromatic rings. The molecule has 1 aromatic heterocycles. The van der Waals surface area contributed by atoms with Crippen LogP contribution in [0.3, 0.4) is 0 Å². The number of piperidine rings is 1. The van der Waals surface area contributed by atoms with Crippen molar-refractivity contribution in [3.05, 3.63) is 41.4 Å². The quantitative estimate of drug-likeness (QED) is 0.803. The summed E-state index contributed by atoms with van der Waals surface area (Å²) in [6.45, 7) is 2.88. The van der Waals surface area contributed by atoms with Gasteiger partial charge in [-0.15, -0.1) is 11.3 Å². The van der Waals surface area contributed by atoms with E-state index in [4.69, 9.17) is 0 Å². The highest BCUT2D eigenvalue weighted by Gasteiger charge is 2.27. The number of amides is 1. The molecule has 150 valence electrons. The first-order valence-corrected chi connectivity index (χ1v) is 11.9. The van der Waals surface area contributed by atoms with Crippen LogP contribution in [0.4, 0.5) is 5.13 Å². The fourth-order valence-electron chi connectivity index (χ4n) is 3.71. The first-order valence-electron chi connectivity index (χ1n) is 9.59. The van der Waals surface area contributed by atoms with Gasteiger partial charge in [0.15, 0.2) is 5.13 Å². The summed E-state index contributed by atoms with van der Waals surface area (Å²) in [6, 6.07) is 6.39. The summed E-state index contributed by atoms with van der Waals surface area (Å²) in [5.41, 5.74) is 0.489. The molecule has 2 aliphatic rings. The molecule has 7 nitrogen and oxygen atoms in total. The first kappa shape index (κ1) is 19.4. The topological polar surface area (TPSA) is 82.6 Å². The second-order valence-corrected chi connectivity index (χ2v) is 10.00. The van der Waals surface area contributed by atoms with Crippen LogP contribution in [0, 0.1) is 0 Å². The van der Waals surface area contributed by atoms with Gasteiger partial charge in [0.25, 0.3) is 5.91 Å². The van der Waals surface area contributed by atoms with Crippen LogP contribution in [0.25, 0.3) is 0 Å². The van der Waals surface area contributed by atoms with E-state index in [0.29, 0.717) is 18.7 Å². The van der Waals surface area contributed by atoms with E-state index < -0.39 is 10.0 Å². The Morgan fingerprint density at radius 1 is 1.07 bits per heavy atom. The number of carbonyl (C=O) groups is 1. The van der Waals surface area contributed by atoms with Crippen molar-refractivity contribution in [1.29, 1.82) is 0 Å². The number of rotatable bonds is 5. The molecule has 0 unspecified atom stereocenters. The minimum absolute atomic E-state index is 0.122. The normalized spacial score (nSPS) is 19.1. The van der Waals surface area contributed by atoms with Gasteiger partial charge in [-0.1, -0.05) is 0 Å². The van der Waals surface area contributed by atoms with Crippen molar-refractivity contribution in [3.8, 4) is 0 Å². The molecule has 1 aromatic carbocycles. The molecule has 2 saturated heterocycles. The van der Waals surface area contributed by atoms with Crippen molar-refractivity contribution in [2.45, 2.75) is 36.6 Å². The van der Waals surface area contributed by atoms with Crippen LogP contribution in [-0.4, -0.2) is 55.8 Å². The van der Waals surface area contributed by atoms with E-state index in [0.717, 1.165) is 43.9 Å². The summed E-state index contributed by atoms with van der Waals surface area (Å²) in [4.78, 5) is 19.4. The molecule has 0 radical (unpaired) electrons. The van der Waals surface area contributed by atoms with E-state index >= 15 is 0 Å². The maximum atomic E-state index is 12.6. The van der Waals surface area contributed by atoms with E-state index in [2.05, 4.69) is 15.2 Å². The van der Waals surface area contributed by atoms with Gasteiger partial charge in [-0.05, 0) is 49.9 Å². The van der Waals surface area contributed by atoms with Gasteiger partial charge in [-0.3, -0.25) is 4.79 Å². The highest BCUT2D eigenvalue weighted by atomic mass is 32.2. The monoisotopic (exact) mass is 420 g/mol. The standard InChI is InChI=1S/C19H24N4O3S2/c24-18(21-16-7-12-22(13-8-16)19-20-9-14-27-19)15-3-5-17(6-4-15)28(25,26)23-10-1-2-11-23/h3-6,9,14,16H,1-2,7-8,10-13H2,(H,21,24). The second-order valence-electron chi connectivity index (χ2n) is 7.19. The third-order valence-electron chi connectivity index (χ3n) is 5.34. The zero-order valence-corrected chi connectivity index (χ0v) is 17.2. The van der Waals surface area contributed by atoms with Gasteiger partial charge in [0.2, 0.25) is 10.0 Å². The number of thiazole rings is 1. The Morgan fingerprint density at radius 3 is 2.36 bits per heavy atom. The SMILES string of the molecule is O=C(NC1CCN(c2nccs2)CC1)c1ccc(S(=O)(=O)N2CCCC2)cc1. The molecule has 0 aliphatic carbocycles. The lowest BCUT2D eigenvalue weighted by atomic mass is 10.0. The summed E-state index contributed by atoms with van der Waals surface area (Å²) >= 11 is 1.63. The average Bonchev–Trinajstić information content (AvgIpc) is 3.43. The number of aromatic nitrogens is 1. The summed E-state index contributed by atoms with van der Waals surface area (Å²) in [6.07, 6.45) is 5.35. The third kappa shape index (κ3) is 4.06. The fourth-order valence-corrected chi connectivity index (χ4v) is 5.93. The first-order chi connectivity index (χ1) is 13.5. The van der Waals surface area contributed by atoms with Gasteiger partial charge in [0.05, 0.1) is 4.90 Å². The van der Waals surface area contributed by atoms with Crippen LogP contribution < -0.4 is 10.2 Å². The fraction of sp³-hybridized carbons (Fsp3) is 0.474. The summed E-state index contributed by atoms with van der Waals surface area (Å²) in [7, 11) is -3.44. The minimum Gasteiger partial charge on any atom is -0.349 e. The maximum Gasteiger partial charge on any atom is 0.251 e. The molecule has 0 saturated carbocycles. The Labute approximate surface area is 169 Å². The van der Waals surface area contributed by atoms with Gasteiger partial charge in [-0.25, -0.2) is 13.4 Å². The Hall–Kier alpha value is -1.97. The zero-order chi connectivity index (χ0) is 19.6. The van der Waals surface area contributed by atoms with Gasteiger partial charge in [-0.2, -0.15) is 4.31 Å². The van der Waals surface area contributed by atoms with Crippen molar-refractivity contribution in [3.63, 3.8) is 0 Å². The smallest absolute Gasteiger partial charge is 0.251 e. The Balaban J connectivity index is 1.34. The molecule has 2 aliphatic heterocycles. The average molecular weight is 421 g/mol. The lowest BCUT2D eigenvalue weighted by Gasteiger charge is -2.32. The van der Waals surface area contributed by atoms with E-state index in [1.165, 1.54) is 16.4 Å². The Bertz CT molecular complexity index is 899. The summed E-state index contributed by atoms with van der Waals surface area (Å²) < 4.78 is 26.7. The van der Waals surface area contributed by atoms with Gasteiger partial charge < -0.3 is 10.2 Å². The molecule has 1 N–H and O–H groups in total. The van der Waals surface area contributed by atoms with Crippen LogP contribution in [0.5, 0.6) is 0 Å². The number of sulfonamides is 1. The number of carbonyl (C=O) groups excluding carboxylic acids is 1. The van der Waals surface area contributed by atoms with Crippen LogP contribution >= 0.6 is 11.3 Å². The van der Waals surface area contributed by atoms with Crippen molar-refractivity contribution in [1.82, 2.24) is 14.6 Å². The van der Waals surface area contributed by atoms with Gasteiger partial charge in [0, 0.05) is 49.4 Å². The van der Waals surface area contributed by atoms with E-state index in [9.17, 15) is 13.2 Å². The minimum atomic E-state index is -3.44. The zero-order valence-electron chi connectivity index (χ0n) is 15.6. The molecule has 2 fully saturated rings. The summed E-state index contributed by atoms with van der Waals surface area (Å²) in [5.74, 6) is -0.155. The van der Waals surface area contributed by atoms with Crippen molar-refractivity contribution in [2.75, 3.05) is 31.1 Å². The van der Waals surface area contributed by atoms with E-state index in [1.807, 2.05) is 5.38 Å². The van der Waals surface area contributed by atoms with Crippen LogP contribution in [-0.2, 0) is 10.0 Å². The van der Waals surface area contributed by atoms with Crippen molar-refractivity contribution < 1.29 is 13.2 Å². The lowest BCUT2D eigenvalue weighted by molar-refractivity contribution is 0.0931. The molecule has 0 atom stereocenters. The number of nitrogens with one attached hydrogen (secondary N) is 1. The Kier molecular flexibility index (Phi) is 5.65. The molecule has 28 heavy (non-hydrogen) atoms. The maximum absolute atomic E-state index is 12.6. The number of benzene rings is 1. The largest absolute Gasteiger partial charge is 0.349 e. The van der Waals surface area contributed by atoms with Gasteiger partial charge in [0.1, 0.15) is 0 Å². The number of hydrogen-bond acceptors (Lipinski definition) is 6. The molecule has 4 rings (SSSR count). The van der Waals surface area contributed by atoms with Crippen molar-refractivity contribution >= 4 is 32.4 Å². The Morgan fingerprint density at radius 2 is 1.75 bits per heavy atom. The molecule has 0 spiro atoms. The van der Waals surface area contributed by atoms with Gasteiger partial charge >= 0.3 is 0 Å². The second kappa shape index (κ2) is 8.18. The molecule has 3 heterocycles. The van der Waals surface area contributed by atoms with Crippen LogP contribution in [0.2, 0.25) is 0 Å². The lowest BCUT2D eigenvalue weighted by Crippen LogP contribution is -2.44. The molecule has 9 heteroatoms. The highest BCUT2D eigenvalue weighted by molar-refractivity contribution is 7.89. The molecular weight excluding hydrogens is 396 g/mol. The molecule has 0 bridgehead atoms. The predicted octanol–water partition coefficient (Wildman–Crippen LogP) is 2.33. The molecule has 1 amide bonds.